The molecule has 0 unspecified atom stereocenters. The molecule has 19 heavy (non-hydrogen) atoms. The summed E-state index contributed by atoms with van der Waals surface area (Å²) in [6.07, 6.45) is 6.86. The summed E-state index contributed by atoms with van der Waals surface area (Å²) >= 11 is 0. The van der Waals surface area contributed by atoms with E-state index in [-0.39, 0.29) is 0 Å². The zero-order valence-corrected chi connectivity index (χ0v) is 10.6. The van der Waals surface area contributed by atoms with E-state index in [0.29, 0.717) is 6.54 Å². The first-order valence-electron chi connectivity index (χ1n) is 5.97. The molecule has 0 amide bonds. The smallest absolute Gasteiger partial charge is 0.138 e. The first-order chi connectivity index (χ1) is 9.34. The average Bonchev–Trinajstić information content (AvgIpc) is 3.08. The highest BCUT2D eigenvalue weighted by atomic mass is 15.3. The molecule has 0 atom stereocenters. The van der Waals surface area contributed by atoms with Crippen LogP contribution < -0.4 is 5.32 Å². The lowest BCUT2D eigenvalue weighted by Crippen LogP contribution is -2.07. The van der Waals surface area contributed by atoms with Gasteiger partial charge >= 0.3 is 0 Å². The number of anilines is 1. The highest BCUT2D eigenvalue weighted by Gasteiger charge is 2.05. The molecule has 6 nitrogen and oxygen atoms in total. The third-order valence-electron chi connectivity index (χ3n) is 2.95. The summed E-state index contributed by atoms with van der Waals surface area (Å²) in [5, 5.41) is 7.55. The van der Waals surface area contributed by atoms with Crippen LogP contribution in [0.2, 0.25) is 0 Å². The Bertz CT molecular complexity index is 655. The molecule has 0 bridgehead atoms. The lowest BCUT2D eigenvalue weighted by molar-refractivity contribution is 0.833. The summed E-state index contributed by atoms with van der Waals surface area (Å²) < 4.78 is 3.73. The number of hydrogen-bond acceptors (Lipinski definition) is 4. The average molecular weight is 254 g/mol. The monoisotopic (exact) mass is 254 g/mol. The van der Waals surface area contributed by atoms with Gasteiger partial charge < -0.3 is 9.88 Å². The van der Waals surface area contributed by atoms with E-state index in [2.05, 4.69) is 20.4 Å². The van der Waals surface area contributed by atoms with Gasteiger partial charge in [-0.3, -0.25) is 0 Å². The molecular formula is C13H14N6. The molecule has 1 aromatic carbocycles. The SMILES string of the molecule is Cn1cncc1CNc1ccccc1-n1cncn1. The van der Waals surface area contributed by atoms with Crippen LogP contribution in [0.1, 0.15) is 5.69 Å². The summed E-state index contributed by atoms with van der Waals surface area (Å²) in [6.45, 7) is 0.711. The van der Waals surface area contributed by atoms with Crippen LogP contribution in [0, 0.1) is 0 Å². The Balaban J connectivity index is 1.84. The Hall–Kier alpha value is -2.63. The van der Waals surface area contributed by atoms with Crippen molar-refractivity contribution in [3.05, 3.63) is 55.1 Å². The van der Waals surface area contributed by atoms with Crippen LogP contribution in [0.4, 0.5) is 5.69 Å². The Kier molecular flexibility index (Phi) is 2.97. The van der Waals surface area contributed by atoms with Crippen molar-refractivity contribution in [2.45, 2.75) is 6.54 Å². The number of nitrogens with zero attached hydrogens (tertiary/aromatic N) is 5. The van der Waals surface area contributed by atoms with Gasteiger partial charge in [0.05, 0.1) is 29.9 Å². The summed E-state index contributed by atoms with van der Waals surface area (Å²) in [7, 11) is 1.98. The zero-order valence-electron chi connectivity index (χ0n) is 10.6. The number of aromatic nitrogens is 5. The number of aryl methyl sites for hydroxylation is 1. The molecule has 3 aromatic rings. The molecule has 96 valence electrons. The third kappa shape index (κ3) is 2.33. The Morgan fingerprint density at radius 2 is 2.05 bits per heavy atom. The summed E-state index contributed by atoms with van der Waals surface area (Å²) in [5.41, 5.74) is 3.10. The first kappa shape index (κ1) is 11.5. The standard InChI is InChI=1S/C13H14N6/c1-18-9-14-6-11(18)7-16-12-4-2-3-5-13(12)19-10-15-8-17-19/h2-6,8-10,16H,7H2,1H3. The van der Waals surface area contributed by atoms with E-state index in [0.717, 1.165) is 17.1 Å². The molecule has 2 heterocycles. The number of imidazole rings is 1. The van der Waals surface area contributed by atoms with Crippen LogP contribution in [0.5, 0.6) is 0 Å². The summed E-state index contributed by atoms with van der Waals surface area (Å²) in [6, 6.07) is 7.99. The first-order valence-corrected chi connectivity index (χ1v) is 5.97. The van der Waals surface area contributed by atoms with Crippen LogP contribution in [0.3, 0.4) is 0 Å². The minimum Gasteiger partial charge on any atom is -0.378 e. The van der Waals surface area contributed by atoms with Crippen molar-refractivity contribution < 1.29 is 0 Å². The van der Waals surface area contributed by atoms with E-state index in [1.54, 1.807) is 17.3 Å². The second-order valence-corrected chi connectivity index (χ2v) is 4.21. The molecule has 2 aromatic heterocycles. The maximum Gasteiger partial charge on any atom is 0.138 e. The molecule has 0 radical (unpaired) electrons. The summed E-state index contributed by atoms with van der Waals surface area (Å²) in [5.74, 6) is 0. The molecule has 0 aliphatic heterocycles. The van der Waals surface area contributed by atoms with Gasteiger partial charge in [0.15, 0.2) is 0 Å². The van der Waals surface area contributed by atoms with Crippen molar-refractivity contribution in [3.8, 4) is 5.69 Å². The Morgan fingerprint density at radius 3 is 2.79 bits per heavy atom. The molecule has 3 rings (SSSR count). The number of benzene rings is 1. The fourth-order valence-corrected chi connectivity index (χ4v) is 1.90. The van der Waals surface area contributed by atoms with Crippen molar-refractivity contribution in [3.63, 3.8) is 0 Å². The van der Waals surface area contributed by atoms with Gasteiger partial charge in [0, 0.05) is 13.2 Å². The van der Waals surface area contributed by atoms with E-state index in [9.17, 15) is 0 Å². The predicted molar refractivity (Wildman–Crippen MR) is 71.9 cm³/mol. The fraction of sp³-hybridized carbons (Fsp3) is 0.154. The zero-order chi connectivity index (χ0) is 13.1. The molecule has 0 aliphatic carbocycles. The van der Waals surface area contributed by atoms with E-state index in [1.807, 2.05) is 42.1 Å². The van der Waals surface area contributed by atoms with Crippen molar-refractivity contribution in [2.24, 2.45) is 7.05 Å². The molecule has 6 heteroatoms. The quantitative estimate of drug-likeness (QED) is 0.768. The van der Waals surface area contributed by atoms with Crippen LogP contribution in [-0.4, -0.2) is 24.3 Å². The van der Waals surface area contributed by atoms with E-state index >= 15 is 0 Å². The fourth-order valence-electron chi connectivity index (χ4n) is 1.90. The van der Waals surface area contributed by atoms with Crippen LogP contribution in [0.15, 0.2) is 49.4 Å². The highest BCUT2D eigenvalue weighted by Crippen LogP contribution is 2.19. The third-order valence-corrected chi connectivity index (χ3v) is 2.95. The molecular weight excluding hydrogens is 240 g/mol. The van der Waals surface area contributed by atoms with Crippen molar-refractivity contribution in [2.75, 3.05) is 5.32 Å². The van der Waals surface area contributed by atoms with Crippen molar-refractivity contribution in [1.82, 2.24) is 24.3 Å². The van der Waals surface area contributed by atoms with Crippen molar-refractivity contribution in [1.29, 1.82) is 0 Å². The molecule has 0 aliphatic rings. The molecule has 0 spiro atoms. The molecule has 0 saturated carbocycles. The number of para-hydroxylation sites is 2. The van der Waals surface area contributed by atoms with Gasteiger partial charge in [-0.15, -0.1) is 0 Å². The van der Waals surface area contributed by atoms with Gasteiger partial charge in [0.25, 0.3) is 0 Å². The molecule has 0 saturated heterocycles. The van der Waals surface area contributed by atoms with Crippen LogP contribution >= 0.6 is 0 Å². The van der Waals surface area contributed by atoms with Crippen LogP contribution in [0.25, 0.3) is 5.69 Å². The number of nitrogens with one attached hydrogen (secondary N) is 1. The minimum absolute atomic E-state index is 0.711. The predicted octanol–water partition coefficient (Wildman–Crippen LogP) is 1.61. The summed E-state index contributed by atoms with van der Waals surface area (Å²) in [4.78, 5) is 8.08. The number of hydrogen-bond donors (Lipinski definition) is 1. The second-order valence-electron chi connectivity index (χ2n) is 4.21. The molecule has 1 N–H and O–H groups in total. The van der Waals surface area contributed by atoms with Gasteiger partial charge in [-0.1, -0.05) is 12.1 Å². The van der Waals surface area contributed by atoms with E-state index < -0.39 is 0 Å². The minimum atomic E-state index is 0.711. The normalized spacial score (nSPS) is 10.6. The maximum atomic E-state index is 4.16. The van der Waals surface area contributed by atoms with Gasteiger partial charge in [0.1, 0.15) is 12.7 Å². The van der Waals surface area contributed by atoms with Crippen molar-refractivity contribution >= 4 is 5.69 Å². The Labute approximate surface area is 110 Å². The Morgan fingerprint density at radius 1 is 1.16 bits per heavy atom. The van der Waals surface area contributed by atoms with Gasteiger partial charge in [-0.25, -0.2) is 14.6 Å². The van der Waals surface area contributed by atoms with E-state index in [4.69, 9.17) is 0 Å². The maximum absolute atomic E-state index is 4.16. The van der Waals surface area contributed by atoms with Gasteiger partial charge in [-0.2, -0.15) is 5.10 Å². The topological polar surface area (TPSA) is 60.6 Å². The van der Waals surface area contributed by atoms with E-state index in [1.165, 1.54) is 6.33 Å². The van der Waals surface area contributed by atoms with Gasteiger partial charge in [-0.05, 0) is 12.1 Å². The van der Waals surface area contributed by atoms with Crippen LogP contribution in [-0.2, 0) is 13.6 Å². The second kappa shape index (κ2) is 4.93. The lowest BCUT2D eigenvalue weighted by Gasteiger charge is -2.11. The largest absolute Gasteiger partial charge is 0.378 e. The van der Waals surface area contributed by atoms with Gasteiger partial charge in [0.2, 0.25) is 0 Å². The number of rotatable bonds is 4. The lowest BCUT2D eigenvalue weighted by atomic mass is 10.2. The highest BCUT2D eigenvalue weighted by molar-refractivity contribution is 5.60. The molecule has 0 fully saturated rings.